The van der Waals surface area contributed by atoms with E-state index in [1.54, 1.807) is 0 Å². The Morgan fingerprint density at radius 2 is 1.91 bits per heavy atom. The van der Waals surface area contributed by atoms with Gasteiger partial charge in [0.05, 0.1) is 0 Å². The molecule has 1 aliphatic rings. The van der Waals surface area contributed by atoms with Crippen LogP contribution in [0.2, 0.25) is 0 Å². The Kier molecular flexibility index (Phi) is 4.69. The standard InChI is InChI=1S/C19H27N3O/c1-4-13-19(5-2,16-9-7-6-8-10-16)14-22(3)18-21-20-17(23-18)15-11-12-15/h6-10,15H,4-5,11-14H2,1-3H3. The van der Waals surface area contributed by atoms with Crippen LogP contribution in [-0.2, 0) is 5.41 Å². The lowest BCUT2D eigenvalue weighted by Crippen LogP contribution is -2.39. The quantitative estimate of drug-likeness (QED) is 0.718. The molecule has 1 saturated carbocycles. The van der Waals surface area contributed by atoms with Gasteiger partial charge >= 0.3 is 6.01 Å². The van der Waals surface area contributed by atoms with Crippen LogP contribution in [0.1, 0.15) is 63.3 Å². The van der Waals surface area contributed by atoms with Crippen molar-refractivity contribution in [3.05, 3.63) is 41.8 Å². The van der Waals surface area contributed by atoms with Crippen LogP contribution in [0, 0.1) is 0 Å². The number of benzene rings is 1. The maximum absolute atomic E-state index is 5.88. The first-order valence-electron chi connectivity index (χ1n) is 8.78. The molecule has 0 N–H and O–H groups in total. The van der Waals surface area contributed by atoms with Crippen molar-refractivity contribution in [1.29, 1.82) is 0 Å². The second-order valence-corrected chi connectivity index (χ2v) is 6.80. The summed E-state index contributed by atoms with van der Waals surface area (Å²) in [6.45, 7) is 5.43. The molecule has 3 rings (SSSR count). The van der Waals surface area contributed by atoms with Crippen molar-refractivity contribution in [3.63, 3.8) is 0 Å². The molecule has 0 spiro atoms. The first-order chi connectivity index (χ1) is 11.2. The number of likely N-dealkylation sites (N-methyl/N-ethyl adjacent to an activating group) is 1. The van der Waals surface area contributed by atoms with E-state index in [0.717, 1.165) is 31.7 Å². The van der Waals surface area contributed by atoms with Gasteiger partial charge in [0.1, 0.15) is 0 Å². The SMILES string of the molecule is CCCC(CC)(CN(C)c1nnc(C2CC2)o1)c1ccccc1. The molecule has 1 aliphatic carbocycles. The van der Waals surface area contributed by atoms with E-state index in [-0.39, 0.29) is 5.41 Å². The van der Waals surface area contributed by atoms with Crippen molar-refractivity contribution in [1.82, 2.24) is 10.2 Å². The van der Waals surface area contributed by atoms with Crippen LogP contribution in [0.15, 0.2) is 34.7 Å². The average Bonchev–Trinajstić information content (AvgIpc) is 3.32. The molecule has 1 heterocycles. The minimum absolute atomic E-state index is 0.124. The molecule has 0 bridgehead atoms. The fourth-order valence-electron chi connectivity index (χ4n) is 3.48. The minimum atomic E-state index is 0.124. The highest BCUT2D eigenvalue weighted by Gasteiger charge is 2.33. The normalized spacial score (nSPS) is 17.0. The van der Waals surface area contributed by atoms with Gasteiger partial charge in [-0.3, -0.25) is 0 Å². The lowest BCUT2D eigenvalue weighted by molar-refractivity contribution is 0.368. The fraction of sp³-hybridized carbons (Fsp3) is 0.579. The number of hydrogen-bond acceptors (Lipinski definition) is 4. The molecule has 4 nitrogen and oxygen atoms in total. The lowest BCUT2D eigenvalue weighted by Gasteiger charge is -2.36. The Balaban J connectivity index is 1.81. The first-order valence-corrected chi connectivity index (χ1v) is 8.78. The lowest BCUT2D eigenvalue weighted by atomic mass is 9.74. The van der Waals surface area contributed by atoms with E-state index in [1.165, 1.54) is 18.4 Å². The summed E-state index contributed by atoms with van der Waals surface area (Å²) in [5.41, 5.74) is 1.53. The summed E-state index contributed by atoms with van der Waals surface area (Å²) >= 11 is 0. The maximum Gasteiger partial charge on any atom is 0.317 e. The van der Waals surface area contributed by atoms with Crippen molar-refractivity contribution in [2.24, 2.45) is 0 Å². The Morgan fingerprint density at radius 1 is 1.17 bits per heavy atom. The van der Waals surface area contributed by atoms with Gasteiger partial charge in [-0.05, 0) is 31.2 Å². The molecule has 0 amide bonds. The van der Waals surface area contributed by atoms with Crippen molar-refractivity contribution in [2.45, 2.75) is 57.3 Å². The van der Waals surface area contributed by atoms with Crippen LogP contribution in [0.3, 0.4) is 0 Å². The molecule has 4 heteroatoms. The largest absolute Gasteiger partial charge is 0.408 e. The van der Waals surface area contributed by atoms with Gasteiger partial charge in [0.2, 0.25) is 5.89 Å². The highest BCUT2D eigenvalue weighted by molar-refractivity contribution is 5.32. The van der Waals surface area contributed by atoms with Gasteiger partial charge in [0, 0.05) is 24.9 Å². The highest BCUT2D eigenvalue weighted by atomic mass is 16.4. The van der Waals surface area contributed by atoms with Crippen molar-refractivity contribution in [2.75, 3.05) is 18.5 Å². The van der Waals surface area contributed by atoms with Crippen LogP contribution >= 0.6 is 0 Å². The Morgan fingerprint density at radius 3 is 2.52 bits per heavy atom. The molecule has 1 aromatic carbocycles. The van der Waals surface area contributed by atoms with Crippen molar-refractivity contribution in [3.8, 4) is 0 Å². The van der Waals surface area contributed by atoms with E-state index in [9.17, 15) is 0 Å². The summed E-state index contributed by atoms with van der Waals surface area (Å²) in [6.07, 6.45) is 5.78. The molecular formula is C19H27N3O. The zero-order valence-corrected chi connectivity index (χ0v) is 14.5. The molecule has 1 atom stereocenters. The highest BCUT2D eigenvalue weighted by Crippen LogP contribution is 2.40. The third kappa shape index (κ3) is 3.41. The average molecular weight is 313 g/mol. The van der Waals surface area contributed by atoms with Crippen LogP contribution < -0.4 is 4.90 Å². The zero-order valence-electron chi connectivity index (χ0n) is 14.5. The van der Waals surface area contributed by atoms with Crippen LogP contribution in [0.4, 0.5) is 6.01 Å². The van der Waals surface area contributed by atoms with Crippen LogP contribution in [-0.4, -0.2) is 23.8 Å². The smallest absolute Gasteiger partial charge is 0.317 e. The van der Waals surface area contributed by atoms with Gasteiger partial charge in [0.25, 0.3) is 0 Å². The molecule has 23 heavy (non-hydrogen) atoms. The fourth-order valence-corrected chi connectivity index (χ4v) is 3.48. The van der Waals surface area contributed by atoms with Gasteiger partial charge in [-0.1, -0.05) is 55.7 Å². The van der Waals surface area contributed by atoms with Crippen LogP contribution in [0.25, 0.3) is 0 Å². The van der Waals surface area contributed by atoms with Gasteiger partial charge in [-0.2, -0.15) is 0 Å². The molecule has 2 aromatic rings. The Hall–Kier alpha value is -1.84. The molecule has 1 fully saturated rings. The summed E-state index contributed by atoms with van der Waals surface area (Å²) in [7, 11) is 2.06. The van der Waals surface area contributed by atoms with Crippen LogP contribution in [0.5, 0.6) is 0 Å². The predicted molar refractivity (Wildman–Crippen MR) is 92.9 cm³/mol. The minimum Gasteiger partial charge on any atom is -0.408 e. The Labute approximate surface area is 138 Å². The Bertz CT molecular complexity index is 621. The van der Waals surface area contributed by atoms with Gasteiger partial charge < -0.3 is 9.32 Å². The molecular weight excluding hydrogens is 286 g/mol. The van der Waals surface area contributed by atoms with E-state index >= 15 is 0 Å². The summed E-state index contributed by atoms with van der Waals surface area (Å²) < 4.78 is 5.88. The summed E-state index contributed by atoms with van der Waals surface area (Å²) in [5, 5.41) is 8.47. The topological polar surface area (TPSA) is 42.2 Å². The first kappa shape index (κ1) is 16.0. The third-order valence-corrected chi connectivity index (χ3v) is 5.01. The molecule has 124 valence electrons. The number of anilines is 1. The second-order valence-electron chi connectivity index (χ2n) is 6.80. The molecule has 0 aliphatic heterocycles. The van der Waals surface area contributed by atoms with E-state index < -0.39 is 0 Å². The van der Waals surface area contributed by atoms with E-state index in [2.05, 4.69) is 66.3 Å². The molecule has 0 saturated heterocycles. The molecule has 1 unspecified atom stereocenters. The van der Waals surface area contributed by atoms with Crippen molar-refractivity contribution < 1.29 is 4.42 Å². The second kappa shape index (κ2) is 6.73. The van der Waals surface area contributed by atoms with E-state index in [4.69, 9.17) is 4.42 Å². The van der Waals surface area contributed by atoms with Gasteiger partial charge in [0.15, 0.2) is 0 Å². The third-order valence-electron chi connectivity index (χ3n) is 5.01. The van der Waals surface area contributed by atoms with E-state index in [1.807, 2.05) is 0 Å². The predicted octanol–water partition coefficient (Wildman–Crippen LogP) is 4.53. The van der Waals surface area contributed by atoms with Gasteiger partial charge in [-0.15, -0.1) is 5.10 Å². The summed E-state index contributed by atoms with van der Waals surface area (Å²) in [6, 6.07) is 11.5. The van der Waals surface area contributed by atoms with Gasteiger partial charge in [-0.25, -0.2) is 0 Å². The number of aromatic nitrogens is 2. The summed E-state index contributed by atoms with van der Waals surface area (Å²) in [4.78, 5) is 2.13. The molecule has 1 aromatic heterocycles. The number of rotatable bonds is 8. The zero-order chi connectivity index (χ0) is 16.3. The summed E-state index contributed by atoms with van der Waals surface area (Å²) in [5.74, 6) is 1.31. The monoisotopic (exact) mass is 313 g/mol. The maximum atomic E-state index is 5.88. The van der Waals surface area contributed by atoms with Crippen molar-refractivity contribution >= 4 is 6.01 Å². The number of hydrogen-bond donors (Lipinski definition) is 0. The van der Waals surface area contributed by atoms with E-state index in [0.29, 0.717) is 11.9 Å². The molecule has 0 radical (unpaired) electrons. The number of nitrogens with zero attached hydrogens (tertiary/aromatic N) is 3.